The summed E-state index contributed by atoms with van der Waals surface area (Å²) in [6.45, 7) is 1.62. The van der Waals surface area contributed by atoms with Crippen molar-refractivity contribution in [2.24, 2.45) is 5.92 Å². The molecule has 0 amide bonds. The molecule has 0 saturated carbocycles. The minimum absolute atomic E-state index is 0.200. The summed E-state index contributed by atoms with van der Waals surface area (Å²) in [6.07, 6.45) is 5.54. The second kappa shape index (κ2) is 3.38. The van der Waals surface area contributed by atoms with Gasteiger partial charge in [0, 0.05) is 13.0 Å². The number of nitrogens with zero attached hydrogens (tertiary/aromatic N) is 1. The highest BCUT2D eigenvalue weighted by Gasteiger charge is 2.27. The molecule has 0 aromatic carbocycles. The first-order valence-electron chi connectivity index (χ1n) is 4.56. The molecule has 2 aliphatic heterocycles. The summed E-state index contributed by atoms with van der Waals surface area (Å²) in [7, 11) is 0. The molecule has 1 fully saturated rings. The van der Waals surface area contributed by atoms with Crippen molar-refractivity contribution >= 4 is 5.97 Å². The summed E-state index contributed by atoms with van der Waals surface area (Å²) >= 11 is 0. The number of aliphatic carboxylic acids is 1. The molecule has 13 heavy (non-hydrogen) atoms. The molecule has 2 rings (SSSR count). The van der Waals surface area contributed by atoms with E-state index in [0.717, 1.165) is 19.6 Å². The van der Waals surface area contributed by atoms with Crippen molar-refractivity contribution in [3.8, 4) is 0 Å². The minimum Gasteiger partial charge on any atom is -0.481 e. The number of carboxylic acids is 1. The number of rotatable bonds is 2. The van der Waals surface area contributed by atoms with Crippen molar-refractivity contribution in [3.05, 3.63) is 12.3 Å². The Morgan fingerprint density at radius 3 is 2.69 bits per heavy atom. The van der Waals surface area contributed by atoms with E-state index in [4.69, 9.17) is 9.84 Å². The van der Waals surface area contributed by atoms with E-state index in [1.54, 1.807) is 6.08 Å². The highest BCUT2D eigenvalue weighted by molar-refractivity contribution is 5.72. The molecular formula is C9H13NO3. The predicted molar refractivity (Wildman–Crippen MR) is 45.9 cm³/mol. The number of ether oxygens (including phenoxy) is 1. The van der Waals surface area contributed by atoms with Gasteiger partial charge in [0.25, 0.3) is 0 Å². The fourth-order valence-electron chi connectivity index (χ4n) is 1.60. The number of hydrogen-bond donors (Lipinski definition) is 1. The van der Waals surface area contributed by atoms with E-state index in [0.29, 0.717) is 6.42 Å². The summed E-state index contributed by atoms with van der Waals surface area (Å²) in [5, 5.41) is 8.73. The van der Waals surface area contributed by atoms with Crippen molar-refractivity contribution < 1.29 is 14.6 Å². The Hall–Kier alpha value is -1.03. The third-order valence-corrected chi connectivity index (χ3v) is 2.57. The molecule has 1 N–H and O–H groups in total. The molecule has 2 atom stereocenters. The van der Waals surface area contributed by atoms with Crippen LogP contribution in [0.15, 0.2) is 12.3 Å². The van der Waals surface area contributed by atoms with Crippen LogP contribution in [0.1, 0.15) is 12.8 Å². The lowest BCUT2D eigenvalue weighted by molar-refractivity contribution is -0.144. The lowest BCUT2D eigenvalue weighted by Gasteiger charge is -2.38. The number of carbonyl (C=O) groups is 1. The van der Waals surface area contributed by atoms with Crippen LogP contribution >= 0.6 is 0 Å². The second-order valence-electron chi connectivity index (χ2n) is 3.43. The van der Waals surface area contributed by atoms with E-state index in [9.17, 15) is 4.79 Å². The van der Waals surface area contributed by atoms with Crippen LogP contribution in [-0.4, -0.2) is 35.4 Å². The Balaban J connectivity index is 1.91. The fourth-order valence-corrected chi connectivity index (χ4v) is 1.60. The summed E-state index contributed by atoms with van der Waals surface area (Å²) in [6, 6.07) is 0. The summed E-state index contributed by atoms with van der Waals surface area (Å²) < 4.78 is 5.29. The van der Waals surface area contributed by atoms with Gasteiger partial charge in [-0.3, -0.25) is 4.79 Å². The van der Waals surface area contributed by atoms with Gasteiger partial charge >= 0.3 is 5.97 Å². The van der Waals surface area contributed by atoms with Crippen molar-refractivity contribution in [2.45, 2.75) is 19.1 Å². The Labute approximate surface area is 76.8 Å². The van der Waals surface area contributed by atoms with E-state index < -0.39 is 5.97 Å². The van der Waals surface area contributed by atoms with Crippen molar-refractivity contribution in [1.29, 1.82) is 0 Å². The Bertz CT molecular complexity index is 235. The highest BCUT2D eigenvalue weighted by atomic mass is 16.5. The molecule has 2 aliphatic rings. The summed E-state index contributed by atoms with van der Waals surface area (Å²) in [4.78, 5) is 12.7. The number of hydrogen-bond acceptors (Lipinski definition) is 3. The van der Waals surface area contributed by atoms with Crippen molar-refractivity contribution in [1.82, 2.24) is 4.90 Å². The van der Waals surface area contributed by atoms with Crippen molar-refractivity contribution in [2.75, 3.05) is 13.2 Å². The maximum Gasteiger partial charge on any atom is 0.310 e. The monoisotopic (exact) mass is 183 g/mol. The van der Waals surface area contributed by atoms with Crippen LogP contribution in [0.3, 0.4) is 0 Å². The van der Waals surface area contributed by atoms with Gasteiger partial charge in [-0.05, 0) is 12.6 Å². The van der Waals surface area contributed by atoms with Gasteiger partial charge in [0.1, 0.15) is 6.23 Å². The van der Waals surface area contributed by atoms with Gasteiger partial charge in [0.2, 0.25) is 0 Å². The quantitative estimate of drug-likeness (QED) is 0.683. The zero-order valence-electron chi connectivity index (χ0n) is 7.35. The molecule has 0 aromatic heterocycles. The van der Waals surface area contributed by atoms with Gasteiger partial charge in [-0.15, -0.1) is 0 Å². The molecule has 0 aromatic rings. The maximum absolute atomic E-state index is 10.6. The summed E-state index contributed by atoms with van der Waals surface area (Å²) in [5.74, 6) is -1.04. The second-order valence-corrected chi connectivity index (χ2v) is 3.43. The Morgan fingerprint density at radius 1 is 1.54 bits per heavy atom. The molecule has 4 nitrogen and oxygen atoms in total. The standard InChI is InChI=1S/C9H13NO3/c11-9(12)7-1-4-10(5-2-7)8-3-6-13-8/h1,4,7-8H,2-3,5-6H2,(H,11,12)/t7?,8-/m0/s1. The average molecular weight is 183 g/mol. The van der Waals surface area contributed by atoms with Gasteiger partial charge in [-0.2, -0.15) is 0 Å². The van der Waals surface area contributed by atoms with E-state index in [2.05, 4.69) is 4.90 Å². The molecule has 1 unspecified atom stereocenters. The molecule has 4 heteroatoms. The van der Waals surface area contributed by atoms with Gasteiger partial charge in [0.15, 0.2) is 0 Å². The minimum atomic E-state index is -0.731. The average Bonchev–Trinajstić information content (AvgIpc) is 2.02. The first-order valence-corrected chi connectivity index (χ1v) is 4.56. The zero-order valence-corrected chi connectivity index (χ0v) is 7.35. The van der Waals surface area contributed by atoms with Crippen LogP contribution in [0.25, 0.3) is 0 Å². The molecular weight excluding hydrogens is 170 g/mol. The van der Waals surface area contributed by atoms with Gasteiger partial charge in [-0.25, -0.2) is 0 Å². The van der Waals surface area contributed by atoms with Crippen LogP contribution < -0.4 is 0 Å². The van der Waals surface area contributed by atoms with Gasteiger partial charge in [0.05, 0.1) is 12.5 Å². The van der Waals surface area contributed by atoms with Crippen molar-refractivity contribution in [3.63, 3.8) is 0 Å². The lowest BCUT2D eigenvalue weighted by atomic mass is 10.0. The largest absolute Gasteiger partial charge is 0.481 e. The van der Waals surface area contributed by atoms with Crippen LogP contribution in [0, 0.1) is 5.92 Å². The zero-order chi connectivity index (χ0) is 9.26. The lowest BCUT2D eigenvalue weighted by Crippen LogP contribution is -2.44. The molecule has 0 aliphatic carbocycles. The Morgan fingerprint density at radius 2 is 2.31 bits per heavy atom. The van der Waals surface area contributed by atoms with E-state index in [1.165, 1.54) is 0 Å². The third-order valence-electron chi connectivity index (χ3n) is 2.57. The molecule has 0 spiro atoms. The molecule has 72 valence electrons. The maximum atomic E-state index is 10.6. The molecule has 0 bridgehead atoms. The highest BCUT2D eigenvalue weighted by Crippen LogP contribution is 2.22. The predicted octanol–water partition coefficient (Wildman–Crippen LogP) is 0.653. The van der Waals surface area contributed by atoms with E-state index >= 15 is 0 Å². The van der Waals surface area contributed by atoms with Crippen LogP contribution in [0.4, 0.5) is 0 Å². The summed E-state index contributed by atoms with van der Waals surface area (Å²) in [5.41, 5.74) is 0. The van der Waals surface area contributed by atoms with Crippen LogP contribution in [0.2, 0.25) is 0 Å². The molecule has 2 heterocycles. The first kappa shape index (κ1) is 8.56. The topological polar surface area (TPSA) is 49.8 Å². The van der Waals surface area contributed by atoms with Crippen LogP contribution in [0.5, 0.6) is 0 Å². The first-order chi connectivity index (χ1) is 6.27. The van der Waals surface area contributed by atoms with Gasteiger partial charge in [-0.1, -0.05) is 6.08 Å². The number of carboxylic acid groups (broad SMARTS) is 1. The normalized spacial score (nSPS) is 32.8. The fraction of sp³-hybridized carbons (Fsp3) is 0.667. The molecule has 0 radical (unpaired) electrons. The van der Waals surface area contributed by atoms with E-state index in [-0.39, 0.29) is 12.1 Å². The van der Waals surface area contributed by atoms with Crippen LogP contribution in [-0.2, 0) is 9.53 Å². The smallest absolute Gasteiger partial charge is 0.310 e. The third kappa shape index (κ3) is 1.67. The molecule has 1 saturated heterocycles. The van der Waals surface area contributed by atoms with Gasteiger partial charge < -0.3 is 14.7 Å². The Kier molecular flexibility index (Phi) is 2.22. The SMILES string of the molecule is O=C(O)C1C=CN([C@@H]2CCO2)CC1. The van der Waals surface area contributed by atoms with E-state index in [1.807, 2.05) is 6.20 Å².